The van der Waals surface area contributed by atoms with E-state index in [1.807, 2.05) is 18.5 Å². The van der Waals surface area contributed by atoms with Crippen LogP contribution in [-0.2, 0) is 4.74 Å². The van der Waals surface area contributed by atoms with Crippen molar-refractivity contribution in [3.63, 3.8) is 0 Å². The summed E-state index contributed by atoms with van der Waals surface area (Å²) in [6, 6.07) is 5.11. The van der Waals surface area contributed by atoms with Crippen LogP contribution in [0.4, 0.5) is 0 Å². The molecule has 1 saturated heterocycles. The second-order valence-corrected chi connectivity index (χ2v) is 5.75. The molecule has 2 heterocycles. The largest absolute Gasteiger partial charge is 0.375 e. The molecule has 1 aromatic heterocycles. The summed E-state index contributed by atoms with van der Waals surface area (Å²) < 4.78 is 5.97. The van der Waals surface area contributed by atoms with E-state index in [2.05, 4.69) is 23.3 Å². The van der Waals surface area contributed by atoms with E-state index in [-0.39, 0.29) is 5.60 Å². The van der Waals surface area contributed by atoms with Gasteiger partial charge in [0, 0.05) is 31.1 Å². The van der Waals surface area contributed by atoms with Crippen LogP contribution in [0.25, 0.3) is 0 Å². The molecular formula is C15H22N2O. The van der Waals surface area contributed by atoms with Gasteiger partial charge in [-0.05, 0) is 50.7 Å². The highest BCUT2D eigenvalue weighted by Gasteiger charge is 2.42. The molecule has 3 rings (SSSR count). The number of hydrogen-bond donors (Lipinski definition) is 1. The minimum absolute atomic E-state index is 0.227. The summed E-state index contributed by atoms with van der Waals surface area (Å²) in [5, 5.41) is 3.74. The van der Waals surface area contributed by atoms with Crippen molar-refractivity contribution in [3.8, 4) is 0 Å². The number of aromatic nitrogens is 1. The molecule has 3 heteroatoms. The topological polar surface area (TPSA) is 34.1 Å². The Balaban J connectivity index is 1.59. The van der Waals surface area contributed by atoms with E-state index in [0.717, 1.165) is 13.0 Å². The third-order valence-corrected chi connectivity index (χ3v) is 4.43. The number of ether oxygens (including phenoxy) is 1. The van der Waals surface area contributed by atoms with Gasteiger partial charge in [0.25, 0.3) is 0 Å². The molecule has 18 heavy (non-hydrogen) atoms. The lowest BCUT2D eigenvalue weighted by atomic mass is 9.74. The maximum Gasteiger partial charge on any atom is 0.0697 e. The summed E-state index contributed by atoms with van der Waals surface area (Å²) in [6.45, 7) is 3.14. The summed E-state index contributed by atoms with van der Waals surface area (Å²) in [4.78, 5) is 4.19. The van der Waals surface area contributed by atoms with Crippen LogP contribution in [-0.4, -0.2) is 23.2 Å². The van der Waals surface area contributed by atoms with Gasteiger partial charge in [0.05, 0.1) is 5.60 Å². The van der Waals surface area contributed by atoms with Crippen molar-refractivity contribution in [2.24, 2.45) is 0 Å². The number of nitrogens with zero attached hydrogens (tertiary/aromatic N) is 1. The van der Waals surface area contributed by atoms with Crippen LogP contribution in [0, 0.1) is 0 Å². The first-order valence-electron chi connectivity index (χ1n) is 7.07. The van der Waals surface area contributed by atoms with Gasteiger partial charge in [-0.1, -0.05) is 6.07 Å². The predicted molar refractivity (Wildman–Crippen MR) is 71.3 cm³/mol. The number of pyridine rings is 1. The summed E-state index contributed by atoms with van der Waals surface area (Å²) in [5.41, 5.74) is 1.50. The van der Waals surface area contributed by atoms with Gasteiger partial charge in [0.15, 0.2) is 0 Å². The predicted octanol–water partition coefficient (Wildman–Crippen LogP) is 2.83. The summed E-state index contributed by atoms with van der Waals surface area (Å²) in [7, 11) is 0. The average Bonchev–Trinajstić information content (AvgIpc) is 2.38. The highest BCUT2D eigenvalue weighted by atomic mass is 16.5. The highest BCUT2D eigenvalue weighted by Crippen LogP contribution is 2.42. The van der Waals surface area contributed by atoms with E-state index in [9.17, 15) is 0 Å². The molecule has 0 bridgehead atoms. The Labute approximate surface area is 109 Å². The molecule has 0 amide bonds. The zero-order valence-electron chi connectivity index (χ0n) is 11.1. The molecule has 98 valence electrons. The Morgan fingerprint density at radius 1 is 1.50 bits per heavy atom. The van der Waals surface area contributed by atoms with E-state index in [0.29, 0.717) is 12.1 Å². The van der Waals surface area contributed by atoms with Crippen LogP contribution in [0.5, 0.6) is 0 Å². The van der Waals surface area contributed by atoms with Crippen molar-refractivity contribution in [3.05, 3.63) is 30.1 Å². The van der Waals surface area contributed by atoms with Crippen molar-refractivity contribution in [2.75, 3.05) is 6.61 Å². The van der Waals surface area contributed by atoms with Gasteiger partial charge in [-0.15, -0.1) is 0 Å². The maximum atomic E-state index is 5.97. The molecule has 2 aliphatic rings. The quantitative estimate of drug-likeness (QED) is 0.890. The molecule has 1 saturated carbocycles. The van der Waals surface area contributed by atoms with Crippen LogP contribution < -0.4 is 5.32 Å². The lowest BCUT2D eigenvalue weighted by molar-refractivity contribution is -0.136. The van der Waals surface area contributed by atoms with Crippen molar-refractivity contribution in [1.29, 1.82) is 0 Å². The Morgan fingerprint density at radius 2 is 2.39 bits per heavy atom. The Hall–Kier alpha value is -0.930. The van der Waals surface area contributed by atoms with Crippen LogP contribution in [0.3, 0.4) is 0 Å². The molecular weight excluding hydrogens is 224 g/mol. The van der Waals surface area contributed by atoms with Gasteiger partial charge in [0.2, 0.25) is 0 Å². The average molecular weight is 246 g/mol. The SMILES string of the molecule is CC(NC1CCOC2(CCC2)C1)c1cccnc1. The van der Waals surface area contributed by atoms with Gasteiger partial charge in [-0.2, -0.15) is 0 Å². The van der Waals surface area contributed by atoms with Crippen molar-refractivity contribution >= 4 is 0 Å². The minimum atomic E-state index is 0.227. The first-order valence-corrected chi connectivity index (χ1v) is 7.07. The molecule has 1 N–H and O–H groups in total. The van der Waals surface area contributed by atoms with E-state index in [1.165, 1.54) is 31.2 Å². The first kappa shape index (κ1) is 12.1. The Morgan fingerprint density at radius 3 is 3.06 bits per heavy atom. The van der Waals surface area contributed by atoms with Gasteiger partial charge >= 0.3 is 0 Å². The summed E-state index contributed by atoms with van der Waals surface area (Å²) in [5.74, 6) is 0. The highest BCUT2D eigenvalue weighted by molar-refractivity contribution is 5.13. The molecule has 1 aliphatic heterocycles. The van der Waals surface area contributed by atoms with Gasteiger partial charge in [-0.25, -0.2) is 0 Å². The van der Waals surface area contributed by atoms with Gasteiger partial charge in [0.1, 0.15) is 0 Å². The molecule has 2 unspecified atom stereocenters. The lowest BCUT2D eigenvalue weighted by Gasteiger charge is -2.47. The molecule has 1 aromatic rings. The fraction of sp³-hybridized carbons (Fsp3) is 0.667. The van der Waals surface area contributed by atoms with Gasteiger partial charge < -0.3 is 10.1 Å². The van der Waals surface area contributed by atoms with E-state index >= 15 is 0 Å². The Kier molecular flexibility index (Phi) is 3.35. The van der Waals surface area contributed by atoms with Crippen LogP contribution in [0.2, 0.25) is 0 Å². The van der Waals surface area contributed by atoms with Crippen LogP contribution in [0.1, 0.15) is 50.6 Å². The van der Waals surface area contributed by atoms with E-state index in [1.54, 1.807) is 0 Å². The number of rotatable bonds is 3. The monoisotopic (exact) mass is 246 g/mol. The molecule has 1 aliphatic carbocycles. The molecule has 0 aromatic carbocycles. The summed E-state index contributed by atoms with van der Waals surface area (Å²) in [6.07, 6.45) is 9.94. The fourth-order valence-corrected chi connectivity index (χ4v) is 3.17. The zero-order valence-corrected chi connectivity index (χ0v) is 11.1. The molecule has 2 atom stereocenters. The minimum Gasteiger partial charge on any atom is -0.375 e. The third-order valence-electron chi connectivity index (χ3n) is 4.43. The maximum absolute atomic E-state index is 5.97. The van der Waals surface area contributed by atoms with Crippen LogP contribution in [0.15, 0.2) is 24.5 Å². The Bertz CT molecular complexity index is 389. The third kappa shape index (κ3) is 2.43. The fourth-order valence-electron chi connectivity index (χ4n) is 3.17. The van der Waals surface area contributed by atoms with E-state index in [4.69, 9.17) is 4.74 Å². The summed E-state index contributed by atoms with van der Waals surface area (Å²) >= 11 is 0. The molecule has 3 nitrogen and oxygen atoms in total. The standard InChI is InChI=1S/C15H22N2O/c1-12(13-4-2-8-16-11-13)17-14-5-9-18-15(10-14)6-3-7-15/h2,4,8,11-12,14,17H,3,5-7,9-10H2,1H3. The van der Waals surface area contributed by atoms with Crippen LogP contribution >= 0.6 is 0 Å². The normalized spacial score (nSPS) is 27.7. The second-order valence-electron chi connectivity index (χ2n) is 5.75. The van der Waals surface area contributed by atoms with Crippen molar-refractivity contribution < 1.29 is 4.74 Å². The lowest BCUT2D eigenvalue weighted by Crippen LogP contribution is -2.51. The van der Waals surface area contributed by atoms with E-state index < -0.39 is 0 Å². The molecule has 1 spiro atoms. The van der Waals surface area contributed by atoms with Gasteiger partial charge in [-0.3, -0.25) is 4.98 Å². The van der Waals surface area contributed by atoms with Crippen molar-refractivity contribution in [1.82, 2.24) is 10.3 Å². The first-order chi connectivity index (χ1) is 8.77. The smallest absolute Gasteiger partial charge is 0.0697 e. The zero-order chi connectivity index (χ0) is 12.4. The molecule has 2 fully saturated rings. The second kappa shape index (κ2) is 4.98. The molecule has 0 radical (unpaired) electrons. The number of nitrogens with one attached hydrogen (secondary N) is 1. The number of hydrogen-bond acceptors (Lipinski definition) is 3. The van der Waals surface area contributed by atoms with Crippen molar-refractivity contribution in [2.45, 2.75) is 56.7 Å².